The maximum Gasteiger partial charge on any atom is 0.244 e. The third kappa shape index (κ3) is 7.09. The first-order valence-corrected chi connectivity index (χ1v) is 20.1. The van der Waals surface area contributed by atoms with Gasteiger partial charge in [0.2, 0.25) is 15.9 Å². The van der Waals surface area contributed by atoms with Crippen molar-refractivity contribution >= 4 is 61.5 Å². The third-order valence-electron chi connectivity index (χ3n) is 10.1. The highest BCUT2D eigenvalue weighted by Gasteiger charge is 2.44. The summed E-state index contributed by atoms with van der Waals surface area (Å²) >= 11 is 7.63. The number of carbonyl (C=O) groups is 1. The summed E-state index contributed by atoms with van der Waals surface area (Å²) in [6.07, 6.45) is 1.04. The Balaban J connectivity index is 0.986. The summed E-state index contributed by atoms with van der Waals surface area (Å²) in [5.41, 5.74) is 2.26. The summed E-state index contributed by atoms with van der Waals surface area (Å²) < 4.78 is 35.4. The van der Waals surface area contributed by atoms with Gasteiger partial charge in [-0.3, -0.25) is 9.69 Å². The maximum absolute atomic E-state index is 13.8. The van der Waals surface area contributed by atoms with Crippen LogP contribution in [0.4, 0.5) is 5.69 Å². The Kier molecular flexibility index (Phi) is 10.4. The van der Waals surface area contributed by atoms with Gasteiger partial charge in [-0.2, -0.15) is 4.31 Å². The first-order valence-electron chi connectivity index (χ1n) is 17.3. The first-order chi connectivity index (χ1) is 24.2. The van der Waals surface area contributed by atoms with E-state index in [-0.39, 0.29) is 11.4 Å². The molecule has 0 saturated carbocycles. The molecule has 0 aromatic heterocycles. The third-order valence-corrected chi connectivity index (χ3v) is 13.7. The van der Waals surface area contributed by atoms with Gasteiger partial charge in [0, 0.05) is 62.8 Å². The molecule has 0 bridgehead atoms. The van der Waals surface area contributed by atoms with Gasteiger partial charge in [-0.25, -0.2) is 8.42 Å². The van der Waals surface area contributed by atoms with Crippen LogP contribution in [0, 0.1) is 0 Å². The average Bonchev–Trinajstić information content (AvgIpc) is 3.81. The van der Waals surface area contributed by atoms with Crippen molar-refractivity contribution in [1.82, 2.24) is 19.4 Å². The minimum atomic E-state index is -3.89. The van der Waals surface area contributed by atoms with E-state index in [4.69, 9.17) is 17.0 Å². The fraction of sp³-hybridized carbons (Fsp3) is 0.368. The molecule has 1 amide bonds. The van der Waals surface area contributed by atoms with Gasteiger partial charge < -0.3 is 19.9 Å². The zero-order valence-electron chi connectivity index (χ0n) is 28.2. The molecular formula is C38H43N5O4S3. The lowest BCUT2D eigenvalue weighted by Crippen LogP contribution is -2.53. The Morgan fingerprint density at radius 1 is 0.900 bits per heavy atom. The fourth-order valence-electron chi connectivity index (χ4n) is 7.28. The number of sulfonamides is 1. The number of nitrogens with zero attached hydrogens (tertiary/aromatic N) is 4. The maximum atomic E-state index is 13.8. The SMILES string of the molecule is CC1(c2ccccc2OCCN2CCN(c3ccccc3)CC2)SCCN1C(=S)NC(=O)C1CCCN1S(=O)(=O)c1ccc2ccccc2c1. The molecule has 2 unspecified atom stereocenters. The number of fused-ring (bicyclic) bond motifs is 1. The van der Waals surface area contributed by atoms with E-state index in [1.807, 2.05) is 53.4 Å². The second-order valence-electron chi connectivity index (χ2n) is 13.1. The van der Waals surface area contributed by atoms with Gasteiger partial charge in [0.25, 0.3) is 0 Å². The van der Waals surface area contributed by atoms with Crippen LogP contribution in [-0.2, 0) is 19.7 Å². The summed E-state index contributed by atoms with van der Waals surface area (Å²) in [6, 6.07) is 30.5. The number of hydrogen-bond acceptors (Lipinski definition) is 8. The van der Waals surface area contributed by atoms with Crippen LogP contribution in [0.15, 0.2) is 102 Å². The average molecular weight is 730 g/mol. The largest absolute Gasteiger partial charge is 0.492 e. The van der Waals surface area contributed by atoms with Gasteiger partial charge in [-0.1, -0.05) is 66.7 Å². The number of anilines is 1. The molecule has 3 aliphatic heterocycles. The number of hydrogen-bond donors (Lipinski definition) is 1. The molecule has 3 fully saturated rings. The van der Waals surface area contributed by atoms with Crippen LogP contribution in [0.1, 0.15) is 25.3 Å². The Morgan fingerprint density at radius 3 is 2.42 bits per heavy atom. The van der Waals surface area contributed by atoms with Crippen LogP contribution in [0.3, 0.4) is 0 Å². The van der Waals surface area contributed by atoms with Crippen molar-refractivity contribution in [3.63, 3.8) is 0 Å². The summed E-state index contributed by atoms with van der Waals surface area (Å²) in [6.45, 7) is 8.37. The highest BCUT2D eigenvalue weighted by molar-refractivity contribution is 8.00. The lowest BCUT2D eigenvalue weighted by atomic mass is 10.1. The van der Waals surface area contributed by atoms with Crippen LogP contribution < -0.4 is 15.0 Å². The molecule has 9 nitrogen and oxygen atoms in total. The molecule has 3 aliphatic rings. The van der Waals surface area contributed by atoms with Crippen molar-refractivity contribution in [3.8, 4) is 5.75 Å². The number of thioether (sulfide) groups is 1. The normalized spacial score (nSPS) is 21.8. The molecule has 50 heavy (non-hydrogen) atoms. The minimum Gasteiger partial charge on any atom is -0.492 e. The Morgan fingerprint density at radius 2 is 1.62 bits per heavy atom. The van der Waals surface area contributed by atoms with Gasteiger partial charge in [-0.05, 0) is 73.1 Å². The molecule has 12 heteroatoms. The Labute approximate surface area is 304 Å². The van der Waals surface area contributed by atoms with Gasteiger partial charge in [0.15, 0.2) is 5.11 Å². The molecule has 0 radical (unpaired) electrons. The number of nitrogens with one attached hydrogen (secondary N) is 1. The molecular weight excluding hydrogens is 687 g/mol. The number of ether oxygens (including phenoxy) is 1. The van der Waals surface area contributed by atoms with Crippen LogP contribution in [0.5, 0.6) is 5.75 Å². The molecule has 0 spiro atoms. The highest BCUT2D eigenvalue weighted by Crippen LogP contribution is 2.47. The van der Waals surface area contributed by atoms with Crippen LogP contribution in [0.2, 0.25) is 0 Å². The second kappa shape index (κ2) is 14.9. The zero-order chi connectivity index (χ0) is 34.7. The predicted molar refractivity (Wildman–Crippen MR) is 205 cm³/mol. The number of amides is 1. The van der Waals surface area contributed by atoms with E-state index in [0.717, 1.165) is 60.6 Å². The fourth-order valence-corrected chi connectivity index (χ4v) is 10.7. The quantitative estimate of drug-likeness (QED) is 0.224. The molecule has 262 valence electrons. The van der Waals surface area contributed by atoms with Crippen molar-refractivity contribution in [1.29, 1.82) is 0 Å². The minimum absolute atomic E-state index is 0.188. The van der Waals surface area contributed by atoms with Crippen molar-refractivity contribution in [2.45, 2.75) is 35.6 Å². The summed E-state index contributed by atoms with van der Waals surface area (Å²) in [4.78, 5) is 20.3. The number of thiocarbonyl (C=S) groups is 1. The van der Waals surface area contributed by atoms with Crippen molar-refractivity contribution in [3.05, 3.63) is 103 Å². The van der Waals surface area contributed by atoms with Crippen LogP contribution in [0.25, 0.3) is 10.8 Å². The number of rotatable bonds is 9. The molecule has 4 aromatic carbocycles. The number of benzene rings is 4. The summed E-state index contributed by atoms with van der Waals surface area (Å²) in [7, 11) is -3.89. The molecule has 7 rings (SSSR count). The number of para-hydroxylation sites is 2. The molecule has 0 aliphatic carbocycles. The van der Waals surface area contributed by atoms with Crippen LogP contribution >= 0.6 is 24.0 Å². The first kappa shape index (κ1) is 34.8. The molecule has 2 atom stereocenters. The van der Waals surface area contributed by atoms with E-state index < -0.39 is 26.8 Å². The summed E-state index contributed by atoms with van der Waals surface area (Å²) in [5.74, 6) is 1.22. The topological polar surface area (TPSA) is 85.4 Å². The van der Waals surface area contributed by atoms with Gasteiger partial charge in [0.05, 0.1) is 4.90 Å². The van der Waals surface area contributed by atoms with E-state index in [1.54, 1.807) is 23.9 Å². The van der Waals surface area contributed by atoms with Gasteiger partial charge in [-0.15, -0.1) is 11.8 Å². The Hall–Kier alpha value is -3.68. The monoisotopic (exact) mass is 729 g/mol. The van der Waals surface area contributed by atoms with E-state index in [9.17, 15) is 13.2 Å². The lowest BCUT2D eigenvalue weighted by molar-refractivity contribution is -0.122. The molecule has 1 N–H and O–H groups in total. The van der Waals surface area contributed by atoms with Crippen molar-refractivity contribution < 1.29 is 17.9 Å². The molecule has 3 saturated heterocycles. The van der Waals surface area contributed by atoms with Gasteiger partial charge >= 0.3 is 0 Å². The van der Waals surface area contributed by atoms with Crippen LogP contribution in [-0.4, -0.2) is 97.8 Å². The highest BCUT2D eigenvalue weighted by atomic mass is 32.2. The smallest absolute Gasteiger partial charge is 0.244 e. The van der Waals surface area contributed by atoms with E-state index >= 15 is 0 Å². The lowest BCUT2D eigenvalue weighted by Gasteiger charge is -2.38. The van der Waals surface area contributed by atoms with Crippen molar-refractivity contribution in [2.75, 3.05) is 63.1 Å². The Bertz CT molecular complexity index is 1950. The van der Waals surface area contributed by atoms with E-state index in [2.05, 4.69) is 58.4 Å². The standard InChI is InChI=1S/C38H43N5O4S3/c1-38(33-14-7-8-16-35(33)47-26-24-40-20-22-41(23-21-40)31-12-3-2-4-13-31)42(25-27-49-38)37(48)39-36(44)34-15-9-19-43(34)50(45,46)32-18-17-29-10-5-6-11-30(29)28-32/h2-8,10-14,16-18,28,34H,9,15,19-27H2,1H3,(H,39,44,48). The number of piperazine rings is 1. The van der Waals surface area contributed by atoms with E-state index in [0.29, 0.717) is 31.1 Å². The van der Waals surface area contributed by atoms with Crippen molar-refractivity contribution in [2.24, 2.45) is 0 Å². The predicted octanol–water partition coefficient (Wildman–Crippen LogP) is 5.52. The zero-order valence-corrected chi connectivity index (χ0v) is 30.7. The van der Waals surface area contributed by atoms with E-state index in [1.165, 1.54) is 9.99 Å². The molecule has 4 aromatic rings. The molecule has 3 heterocycles. The number of carbonyl (C=O) groups excluding carboxylic acids is 1. The second-order valence-corrected chi connectivity index (χ2v) is 16.8. The summed E-state index contributed by atoms with van der Waals surface area (Å²) in [5, 5.41) is 5.04. The van der Waals surface area contributed by atoms with Gasteiger partial charge in [0.1, 0.15) is 23.3 Å².